The van der Waals surface area contributed by atoms with Crippen LogP contribution in [-0.2, 0) is 6.42 Å². The molecule has 0 saturated heterocycles. The summed E-state index contributed by atoms with van der Waals surface area (Å²) in [6.45, 7) is 6.41. The van der Waals surface area contributed by atoms with Crippen LogP contribution in [0.3, 0.4) is 0 Å². The molecule has 5 nitrogen and oxygen atoms in total. The lowest BCUT2D eigenvalue weighted by molar-refractivity contribution is 0.0940. The lowest BCUT2D eigenvalue weighted by Crippen LogP contribution is -2.26. The number of hydrogen-bond donors (Lipinski definition) is 1. The highest BCUT2D eigenvalue weighted by Gasteiger charge is 2.12. The van der Waals surface area contributed by atoms with E-state index in [-0.39, 0.29) is 11.9 Å². The van der Waals surface area contributed by atoms with Crippen molar-refractivity contribution in [1.82, 2.24) is 15.5 Å². The van der Waals surface area contributed by atoms with Crippen molar-refractivity contribution < 1.29 is 9.21 Å². The Kier molecular flexibility index (Phi) is 5.46. The first-order chi connectivity index (χ1) is 12.5. The molecule has 0 fully saturated rings. The molecule has 3 aromatic rings. The van der Waals surface area contributed by atoms with E-state index in [9.17, 15) is 4.79 Å². The largest absolute Gasteiger partial charge is 0.423 e. The zero-order chi connectivity index (χ0) is 18.5. The van der Waals surface area contributed by atoms with Crippen molar-refractivity contribution in [2.45, 2.75) is 33.2 Å². The topological polar surface area (TPSA) is 68.0 Å². The van der Waals surface area contributed by atoms with Gasteiger partial charge in [0.2, 0.25) is 12.3 Å². The van der Waals surface area contributed by atoms with Gasteiger partial charge in [-0.1, -0.05) is 38.1 Å². The highest BCUT2D eigenvalue weighted by atomic mass is 16.4. The minimum Gasteiger partial charge on any atom is -0.423 e. The van der Waals surface area contributed by atoms with Crippen LogP contribution in [0.2, 0.25) is 0 Å². The van der Waals surface area contributed by atoms with Crippen LogP contribution < -0.4 is 5.32 Å². The molecule has 1 aromatic heterocycles. The van der Waals surface area contributed by atoms with Crippen LogP contribution in [0.25, 0.3) is 11.5 Å². The molecule has 2 aromatic carbocycles. The van der Waals surface area contributed by atoms with Gasteiger partial charge < -0.3 is 9.73 Å². The zero-order valence-electron chi connectivity index (χ0n) is 15.3. The maximum absolute atomic E-state index is 12.5. The minimum atomic E-state index is -0.110. The third kappa shape index (κ3) is 4.36. The molecule has 0 unspecified atom stereocenters. The Morgan fingerprint density at radius 3 is 2.31 bits per heavy atom. The Morgan fingerprint density at radius 1 is 1.04 bits per heavy atom. The predicted molar refractivity (Wildman–Crippen MR) is 101 cm³/mol. The summed E-state index contributed by atoms with van der Waals surface area (Å²) in [4.78, 5) is 12.5. The molecule has 26 heavy (non-hydrogen) atoms. The van der Waals surface area contributed by atoms with Crippen LogP contribution in [0.4, 0.5) is 0 Å². The Morgan fingerprint density at radius 2 is 1.73 bits per heavy atom. The molecule has 0 aliphatic heterocycles. The molecular formula is C21H23N3O2. The van der Waals surface area contributed by atoms with Gasteiger partial charge in [0.15, 0.2) is 0 Å². The van der Waals surface area contributed by atoms with Gasteiger partial charge in [-0.25, -0.2) is 0 Å². The number of aromatic nitrogens is 2. The molecular weight excluding hydrogens is 326 g/mol. The number of carbonyl (C=O) groups excluding carboxylic acids is 1. The van der Waals surface area contributed by atoms with E-state index < -0.39 is 0 Å². The van der Waals surface area contributed by atoms with E-state index in [0.717, 1.165) is 17.5 Å². The highest BCUT2D eigenvalue weighted by Crippen LogP contribution is 2.19. The van der Waals surface area contributed by atoms with Crippen molar-refractivity contribution in [3.8, 4) is 11.5 Å². The van der Waals surface area contributed by atoms with Gasteiger partial charge in [-0.15, -0.1) is 10.2 Å². The lowest BCUT2D eigenvalue weighted by Gasteiger charge is -2.15. The number of amides is 1. The van der Waals surface area contributed by atoms with Crippen molar-refractivity contribution in [2.75, 3.05) is 0 Å². The molecule has 0 saturated carbocycles. The van der Waals surface area contributed by atoms with E-state index in [1.54, 1.807) is 24.3 Å². The van der Waals surface area contributed by atoms with Crippen molar-refractivity contribution in [3.05, 3.63) is 71.6 Å². The van der Waals surface area contributed by atoms with E-state index in [0.29, 0.717) is 17.4 Å². The standard InChI is InChI=1S/C21H23N3O2/c1-14(2)12-16-4-6-17(7-5-16)15(3)23-20(25)18-8-10-19(11-9-18)21-24-22-13-26-21/h4-11,13-15H,12H2,1-3H3,(H,23,25)/t15-/m1/s1. The summed E-state index contributed by atoms with van der Waals surface area (Å²) in [5, 5.41) is 10.5. The lowest BCUT2D eigenvalue weighted by atomic mass is 10.00. The predicted octanol–water partition coefficient (Wildman–Crippen LogP) is 4.43. The number of nitrogens with zero attached hydrogens (tertiary/aromatic N) is 2. The molecule has 1 amide bonds. The van der Waals surface area contributed by atoms with Crippen LogP contribution >= 0.6 is 0 Å². The van der Waals surface area contributed by atoms with Crippen molar-refractivity contribution in [1.29, 1.82) is 0 Å². The third-order valence-electron chi connectivity index (χ3n) is 4.23. The van der Waals surface area contributed by atoms with Crippen molar-refractivity contribution in [3.63, 3.8) is 0 Å². The zero-order valence-corrected chi connectivity index (χ0v) is 15.3. The number of carbonyl (C=O) groups is 1. The summed E-state index contributed by atoms with van der Waals surface area (Å²) < 4.78 is 5.15. The van der Waals surface area contributed by atoms with Gasteiger partial charge in [0.05, 0.1) is 6.04 Å². The van der Waals surface area contributed by atoms with Gasteiger partial charge in [-0.2, -0.15) is 0 Å². The molecule has 1 N–H and O–H groups in total. The Labute approximate surface area is 153 Å². The van der Waals surface area contributed by atoms with Gasteiger partial charge in [0.25, 0.3) is 5.91 Å². The van der Waals surface area contributed by atoms with Crippen molar-refractivity contribution in [2.24, 2.45) is 5.92 Å². The fourth-order valence-corrected chi connectivity index (χ4v) is 2.84. The fraction of sp³-hybridized carbons (Fsp3) is 0.286. The molecule has 1 heterocycles. The molecule has 3 rings (SSSR count). The SMILES string of the molecule is CC(C)Cc1ccc([C@@H](C)NC(=O)c2ccc(-c3nnco3)cc2)cc1. The summed E-state index contributed by atoms with van der Waals surface area (Å²) in [6.07, 6.45) is 2.34. The van der Waals surface area contributed by atoms with Gasteiger partial charge in [-0.05, 0) is 54.7 Å². The van der Waals surface area contributed by atoms with Crippen molar-refractivity contribution >= 4 is 5.91 Å². The first-order valence-electron chi connectivity index (χ1n) is 8.79. The molecule has 0 aliphatic carbocycles. The second kappa shape index (κ2) is 7.95. The maximum Gasteiger partial charge on any atom is 0.251 e. The second-order valence-corrected chi connectivity index (χ2v) is 6.86. The van der Waals surface area contributed by atoms with Gasteiger partial charge >= 0.3 is 0 Å². The van der Waals surface area contributed by atoms with E-state index in [1.807, 2.05) is 6.92 Å². The third-order valence-corrected chi connectivity index (χ3v) is 4.23. The van der Waals surface area contributed by atoms with E-state index in [1.165, 1.54) is 12.0 Å². The first-order valence-corrected chi connectivity index (χ1v) is 8.79. The number of hydrogen-bond acceptors (Lipinski definition) is 4. The highest BCUT2D eigenvalue weighted by molar-refractivity contribution is 5.94. The minimum absolute atomic E-state index is 0.0637. The van der Waals surface area contributed by atoms with E-state index in [4.69, 9.17) is 4.42 Å². The Balaban J connectivity index is 1.63. The Bertz CT molecular complexity index is 838. The second-order valence-electron chi connectivity index (χ2n) is 6.86. The van der Waals surface area contributed by atoms with E-state index >= 15 is 0 Å². The van der Waals surface area contributed by atoms with E-state index in [2.05, 4.69) is 53.6 Å². The molecule has 0 spiro atoms. The number of rotatable bonds is 6. The Hall–Kier alpha value is -2.95. The molecule has 5 heteroatoms. The number of nitrogens with one attached hydrogen (secondary N) is 1. The molecule has 0 radical (unpaired) electrons. The summed E-state index contributed by atoms with van der Waals surface area (Å²) in [5.74, 6) is 0.959. The average Bonchev–Trinajstić information content (AvgIpc) is 3.16. The van der Waals surface area contributed by atoms with Gasteiger partial charge in [0.1, 0.15) is 0 Å². The van der Waals surface area contributed by atoms with Crippen LogP contribution in [0.15, 0.2) is 59.3 Å². The van der Waals surface area contributed by atoms with Crippen LogP contribution in [0.1, 0.15) is 48.3 Å². The first kappa shape index (κ1) is 17.9. The van der Waals surface area contributed by atoms with Gasteiger partial charge in [-0.3, -0.25) is 4.79 Å². The monoisotopic (exact) mass is 349 g/mol. The molecule has 1 atom stereocenters. The summed E-state index contributed by atoms with van der Waals surface area (Å²) in [5.41, 5.74) is 3.79. The summed E-state index contributed by atoms with van der Waals surface area (Å²) >= 11 is 0. The number of benzene rings is 2. The summed E-state index contributed by atoms with van der Waals surface area (Å²) in [6, 6.07) is 15.5. The average molecular weight is 349 g/mol. The quantitative estimate of drug-likeness (QED) is 0.715. The molecule has 0 aliphatic rings. The smallest absolute Gasteiger partial charge is 0.251 e. The van der Waals surface area contributed by atoms with Crippen LogP contribution in [0.5, 0.6) is 0 Å². The molecule has 134 valence electrons. The fourth-order valence-electron chi connectivity index (χ4n) is 2.84. The van der Waals surface area contributed by atoms with Crippen LogP contribution in [0, 0.1) is 5.92 Å². The molecule has 0 bridgehead atoms. The summed E-state index contributed by atoms with van der Waals surface area (Å²) in [7, 11) is 0. The maximum atomic E-state index is 12.5. The van der Waals surface area contributed by atoms with Crippen LogP contribution in [-0.4, -0.2) is 16.1 Å². The normalized spacial score (nSPS) is 12.2. The van der Waals surface area contributed by atoms with Gasteiger partial charge in [0, 0.05) is 11.1 Å².